The van der Waals surface area contributed by atoms with Gasteiger partial charge < -0.3 is 10.0 Å². The lowest BCUT2D eigenvalue weighted by Gasteiger charge is -2.21. The second kappa shape index (κ2) is 6.20. The average Bonchev–Trinajstić information content (AvgIpc) is 2.03. The molecule has 0 aromatic carbocycles. The van der Waals surface area contributed by atoms with E-state index in [1.54, 1.807) is 17.9 Å². The first kappa shape index (κ1) is 11.6. The van der Waals surface area contributed by atoms with Gasteiger partial charge in [0.15, 0.2) is 0 Å². The minimum atomic E-state index is -0.205. The molecule has 0 fully saturated rings. The molecule has 0 spiro atoms. The molecule has 1 amide bonds. The van der Waals surface area contributed by atoms with E-state index in [9.17, 15) is 4.79 Å². The Labute approximate surface area is 81.2 Å². The standard InChI is InChI=1S/C8H14BrNO2/c1-3-4-10(5-6-11)8(12)7(2)9/h3,7,11H,1,4-6H2,2H3. The SMILES string of the molecule is C=CCN(CCO)C(=O)C(C)Br. The highest BCUT2D eigenvalue weighted by molar-refractivity contribution is 9.10. The lowest BCUT2D eigenvalue weighted by molar-refractivity contribution is -0.130. The zero-order chi connectivity index (χ0) is 9.56. The molecule has 12 heavy (non-hydrogen) atoms. The predicted molar refractivity (Wildman–Crippen MR) is 52.3 cm³/mol. The van der Waals surface area contributed by atoms with E-state index in [0.29, 0.717) is 13.1 Å². The summed E-state index contributed by atoms with van der Waals surface area (Å²) in [7, 11) is 0. The van der Waals surface area contributed by atoms with Gasteiger partial charge >= 0.3 is 0 Å². The second-order valence-electron chi connectivity index (χ2n) is 2.41. The van der Waals surface area contributed by atoms with Crippen molar-refractivity contribution in [1.29, 1.82) is 0 Å². The van der Waals surface area contributed by atoms with E-state index in [1.807, 2.05) is 0 Å². The predicted octanol–water partition coefficient (Wildman–Crippen LogP) is 0.777. The first-order chi connectivity index (χ1) is 5.63. The van der Waals surface area contributed by atoms with E-state index in [2.05, 4.69) is 22.5 Å². The second-order valence-corrected chi connectivity index (χ2v) is 3.79. The van der Waals surface area contributed by atoms with Gasteiger partial charge in [-0.15, -0.1) is 6.58 Å². The van der Waals surface area contributed by atoms with Crippen LogP contribution in [0.4, 0.5) is 0 Å². The fourth-order valence-electron chi connectivity index (χ4n) is 0.820. The smallest absolute Gasteiger partial charge is 0.236 e. The van der Waals surface area contributed by atoms with Crippen LogP contribution in [0.5, 0.6) is 0 Å². The van der Waals surface area contributed by atoms with Crippen molar-refractivity contribution in [3.05, 3.63) is 12.7 Å². The van der Waals surface area contributed by atoms with E-state index >= 15 is 0 Å². The Bertz CT molecular complexity index is 159. The lowest BCUT2D eigenvalue weighted by atomic mass is 10.3. The fourth-order valence-corrected chi connectivity index (χ4v) is 1.11. The Morgan fingerprint density at radius 3 is 2.75 bits per heavy atom. The van der Waals surface area contributed by atoms with Gasteiger partial charge in [0, 0.05) is 13.1 Å². The third kappa shape index (κ3) is 3.88. The summed E-state index contributed by atoms with van der Waals surface area (Å²) in [6.07, 6.45) is 1.64. The van der Waals surface area contributed by atoms with Crippen LogP contribution < -0.4 is 0 Å². The van der Waals surface area contributed by atoms with Crippen LogP contribution in [0.3, 0.4) is 0 Å². The molecule has 0 saturated heterocycles. The molecule has 1 atom stereocenters. The Morgan fingerprint density at radius 2 is 2.42 bits per heavy atom. The summed E-state index contributed by atoms with van der Waals surface area (Å²) in [5.74, 6) is -0.0241. The summed E-state index contributed by atoms with van der Waals surface area (Å²) >= 11 is 3.17. The minimum absolute atomic E-state index is 0.0146. The van der Waals surface area contributed by atoms with Crippen LogP contribution in [0.2, 0.25) is 0 Å². The molecule has 0 aliphatic carbocycles. The van der Waals surface area contributed by atoms with E-state index in [1.165, 1.54) is 0 Å². The summed E-state index contributed by atoms with van der Waals surface area (Å²) in [4.78, 5) is 12.7. The van der Waals surface area contributed by atoms with Crippen molar-refractivity contribution in [2.45, 2.75) is 11.8 Å². The monoisotopic (exact) mass is 235 g/mol. The molecule has 1 unspecified atom stereocenters. The van der Waals surface area contributed by atoms with Crippen molar-refractivity contribution < 1.29 is 9.90 Å². The van der Waals surface area contributed by atoms with Gasteiger partial charge in [-0.05, 0) is 6.92 Å². The molecule has 0 rings (SSSR count). The molecule has 3 nitrogen and oxygen atoms in total. The van der Waals surface area contributed by atoms with Crippen LogP contribution in [-0.2, 0) is 4.79 Å². The summed E-state index contributed by atoms with van der Waals surface area (Å²) in [6, 6.07) is 0. The van der Waals surface area contributed by atoms with E-state index in [0.717, 1.165) is 0 Å². The van der Waals surface area contributed by atoms with Gasteiger partial charge in [-0.1, -0.05) is 22.0 Å². The lowest BCUT2D eigenvalue weighted by Crippen LogP contribution is -2.37. The van der Waals surface area contributed by atoms with Crippen molar-refractivity contribution in [3.63, 3.8) is 0 Å². The number of nitrogens with zero attached hydrogens (tertiary/aromatic N) is 1. The Morgan fingerprint density at radius 1 is 1.83 bits per heavy atom. The highest BCUT2D eigenvalue weighted by Gasteiger charge is 2.15. The largest absolute Gasteiger partial charge is 0.395 e. The molecule has 0 radical (unpaired) electrons. The molecule has 0 heterocycles. The van der Waals surface area contributed by atoms with Crippen molar-refractivity contribution in [3.8, 4) is 0 Å². The van der Waals surface area contributed by atoms with Gasteiger partial charge in [0.1, 0.15) is 0 Å². The van der Waals surface area contributed by atoms with Gasteiger partial charge in [0.25, 0.3) is 0 Å². The topological polar surface area (TPSA) is 40.5 Å². The van der Waals surface area contributed by atoms with Gasteiger partial charge in [-0.2, -0.15) is 0 Å². The number of aliphatic hydroxyl groups is 1. The number of amides is 1. The first-order valence-electron chi connectivity index (χ1n) is 3.78. The Kier molecular flexibility index (Phi) is 6.02. The molecular formula is C8H14BrNO2. The molecule has 70 valence electrons. The molecule has 0 saturated carbocycles. The number of carbonyl (C=O) groups excluding carboxylic acids is 1. The number of halogens is 1. The Balaban J connectivity index is 4.08. The van der Waals surface area contributed by atoms with Crippen molar-refractivity contribution >= 4 is 21.8 Å². The molecule has 4 heteroatoms. The number of hydrogen-bond acceptors (Lipinski definition) is 2. The summed E-state index contributed by atoms with van der Waals surface area (Å²) in [5.41, 5.74) is 0. The normalized spacial score (nSPS) is 12.2. The number of carbonyl (C=O) groups is 1. The van der Waals surface area contributed by atoms with Crippen LogP contribution >= 0.6 is 15.9 Å². The third-order valence-corrected chi connectivity index (χ3v) is 1.76. The summed E-state index contributed by atoms with van der Waals surface area (Å²) in [5, 5.41) is 8.65. The molecule has 1 N–H and O–H groups in total. The molecule has 0 aromatic rings. The maximum atomic E-state index is 11.3. The maximum Gasteiger partial charge on any atom is 0.236 e. The number of alkyl halides is 1. The summed E-state index contributed by atoms with van der Waals surface area (Å²) < 4.78 is 0. The maximum absolute atomic E-state index is 11.3. The van der Waals surface area contributed by atoms with Gasteiger partial charge in [-0.25, -0.2) is 0 Å². The van der Waals surface area contributed by atoms with Gasteiger partial charge in [0.05, 0.1) is 11.4 Å². The zero-order valence-electron chi connectivity index (χ0n) is 7.16. The number of aliphatic hydroxyl groups excluding tert-OH is 1. The van der Waals surface area contributed by atoms with Gasteiger partial charge in [0.2, 0.25) is 5.91 Å². The number of rotatable bonds is 5. The highest BCUT2D eigenvalue weighted by atomic mass is 79.9. The van der Waals surface area contributed by atoms with E-state index in [-0.39, 0.29) is 17.3 Å². The van der Waals surface area contributed by atoms with Gasteiger partial charge in [-0.3, -0.25) is 4.79 Å². The van der Waals surface area contributed by atoms with Crippen molar-refractivity contribution in [2.24, 2.45) is 0 Å². The van der Waals surface area contributed by atoms with E-state index in [4.69, 9.17) is 5.11 Å². The van der Waals surface area contributed by atoms with Crippen molar-refractivity contribution in [2.75, 3.05) is 19.7 Å². The molecule has 0 aliphatic rings. The first-order valence-corrected chi connectivity index (χ1v) is 4.69. The van der Waals surface area contributed by atoms with Crippen LogP contribution in [-0.4, -0.2) is 40.4 Å². The van der Waals surface area contributed by atoms with Crippen LogP contribution in [0.25, 0.3) is 0 Å². The third-order valence-electron chi connectivity index (χ3n) is 1.37. The van der Waals surface area contributed by atoms with Crippen molar-refractivity contribution in [1.82, 2.24) is 4.90 Å². The van der Waals surface area contributed by atoms with Crippen LogP contribution in [0, 0.1) is 0 Å². The van der Waals surface area contributed by atoms with Crippen LogP contribution in [0.1, 0.15) is 6.92 Å². The molecule has 0 bridgehead atoms. The fraction of sp³-hybridized carbons (Fsp3) is 0.625. The molecule has 0 aliphatic heterocycles. The molecule has 0 aromatic heterocycles. The minimum Gasteiger partial charge on any atom is -0.395 e. The number of hydrogen-bond donors (Lipinski definition) is 1. The van der Waals surface area contributed by atoms with Crippen LogP contribution in [0.15, 0.2) is 12.7 Å². The Hall–Kier alpha value is -0.350. The summed E-state index contributed by atoms with van der Waals surface area (Å²) in [6.45, 7) is 6.12. The highest BCUT2D eigenvalue weighted by Crippen LogP contribution is 2.03. The zero-order valence-corrected chi connectivity index (χ0v) is 8.75. The average molecular weight is 236 g/mol. The quantitative estimate of drug-likeness (QED) is 0.566. The molecular weight excluding hydrogens is 222 g/mol. The van der Waals surface area contributed by atoms with E-state index < -0.39 is 0 Å².